The Morgan fingerprint density at radius 2 is 2.25 bits per heavy atom. The van der Waals surface area contributed by atoms with Gasteiger partial charge in [-0.2, -0.15) is 0 Å². The summed E-state index contributed by atoms with van der Waals surface area (Å²) >= 11 is 3.57. The molecule has 1 heterocycles. The van der Waals surface area contributed by atoms with Gasteiger partial charge in [0.15, 0.2) is 0 Å². The standard InChI is InChI=1S/C13H19BrN2/c14-13-6-2-1-4-11(13)7-9-15-10-12-5-3-8-16-12/h1-2,4,6,12,15-16H,3,5,7-10H2. The monoisotopic (exact) mass is 282 g/mol. The van der Waals surface area contributed by atoms with Crippen molar-refractivity contribution in [2.24, 2.45) is 0 Å². The Hall–Kier alpha value is -0.380. The summed E-state index contributed by atoms with van der Waals surface area (Å²) in [6.45, 7) is 3.35. The molecule has 1 fully saturated rings. The predicted octanol–water partition coefficient (Wildman–Crippen LogP) is 2.33. The third-order valence-electron chi connectivity index (χ3n) is 3.08. The Balaban J connectivity index is 1.66. The highest BCUT2D eigenvalue weighted by Crippen LogP contribution is 2.15. The lowest BCUT2D eigenvalue weighted by molar-refractivity contribution is 0.537. The van der Waals surface area contributed by atoms with Crippen LogP contribution >= 0.6 is 15.9 Å². The zero-order valence-electron chi connectivity index (χ0n) is 9.51. The molecule has 1 aromatic carbocycles. The van der Waals surface area contributed by atoms with Gasteiger partial charge in [0, 0.05) is 17.1 Å². The van der Waals surface area contributed by atoms with Crippen LogP contribution in [0.2, 0.25) is 0 Å². The maximum absolute atomic E-state index is 3.57. The number of halogens is 1. The van der Waals surface area contributed by atoms with Crippen molar-refractivity contribution < 1.29 is 0 Å². The second-order valence-corrected chi connectivity index (χ2v) is 5.19. The minimum Gasteiger partial charge on any atom is -0.315 e. The fourth-order valence-corrected chi connectivity index (χ4v) is 2.61. The molecular formula is C13H19BrN2. The fourth-order valence-electron chi connectivity index (χ4n) is 2.13. The Labute approximate surface area is 106 Å². The summed E-state index contributed by atoms with van der Waals surface area (Å²) in [5.74, 6) is 0. The molecule has 2 nitrogen and oxygen atoms in total. The molecule has 1 unspecified atom stereocenters. The van der Waals surface area contributed by atoms with Crippen molar-refractivity contribution in [3.8, 4) is 0 Å². The molecule has 0 saturated carbocycles. The van der Waals surface area contributed by atoms with E-state index in [1.807, 2.05) is 0 Å². The smallest absolute Gasteiger partial charge is 0.0207 e. The summed E-state index contributed by atoms with van der Waals surface area (Å²) in [4.78, 5) is 0. The Morgan fingerprint density at radius 1 is 1.38 bits per heavy atom. The van der Waals surface area contributed by atoms with E-state index in [1.165, 1.54) is 29.4 Å². The van der Waals surface area contributed by atoms with Crippen LogP contribution in [0.5, 0.6) is 0 Å². The van der Waals surface area contributed by atoms with Gasteiger partial charge in [-0.1, -0.05) is 34.1 Å². The molecule has 1 aliphatic heterocycles. The summed E-state index contributed by atoms with van der Waals surface area (Å²) in [7, 11) is 0. The van der Waals surface area contributed by atoms with Crippen LogP contribution in [-0.2, 0) is 6.42 Å². The Bertz CT molecular complexity index is 321. The molecule has 1 atom stereocenters. The lowest BCUT2D eigenvalue weighted by atomic mass is 10.1. The zero-order chi connectivity index (χ0) is 11.2. The Kier molecular flexibility index (Phi) is 4.82. The van der Waals surface area contributed by atoms with Gasteiger partial charge in [-0.25, -0.2) is 0 Å². The molecule has 3 heteroatoms. The summed E-state index contributed by atoms with van der Waals surface area (Å²) in [5, 5.41) is 7.01. The average molecular weight is 283 g/mol. The van der Waals surface area contributed by atoms with Gasteiger partial charge >= 0.3 is 0 Å². The average Bonchev–Trinajstić information content (AvgIpc) is 2.79. The molecule has 1 aliphatic rings. The van der Waals surface area contributed by atoms with Crippen LogP contribution in [0.3, 0.4) is 0 Å². The molecule has 1 saturated heterocycles. The van der Waals surface area contributed by atoms with Gasteiger partial charge in [0.1, 0.15) is 0 Å². The van der Waals surface area contributed by atoms with Gasteiger partial charge in [0.25, 0.3) is 0 Å². The normalized spacial score (nSPS) is 20.2. The molecule has 0 aromatic heterocycles. The topological polar surface area (TPSA) is 24.1 Å². The number of benzene rings is 1. The van der Waals surface area contributed by atoms with E-state index in [2.05, 4.69) is 50.8 Å². The maximum atomic E-state index is 3.57. The molecule has 0 bridgehead atoms. The third kappa shape index (κ3) is 3.58. The van der Waals surface area contributed by atoms with E-state index >= 15 is 0 Å². The molecule has 88 valence electrons. The second-order valence-electron chi connectivity index (χ2n) is 4.34. The minimum atomic E-state index is 0.694. The zero-order valence-corrected chi connectivity index (χ0v) is 11.1. The lowest BCUT2D eigenvalue weighted by Gasteiger charge is -2.11. The van der Waals surface area contributed by atoms with E-state index < -0.39 is 0 Å². The van der Waals surface area contributed by atoms with Crippen molar-refractivity contribution in [3.63, 3.8) is 0 Å². The number of nitrogens with one attached hydrogen (secondary N) is 2. The third-order valence-corrected chi connectivity index (χ3v) is 3.86. The number of rotatable bonds is 5. The molecule has 0 aliphatic carbocycles. The fraction of sp³-hybridized carbons (Fsp3) is 0.538. The van der Waals surface area contributed by atoms with E-state index in [-0.39, 0.29) is 0 Å². The Morgan fingerprint density at radius 3 is 3.00 bits per heavy atom. The largest absolute Gasteiger partial charge is 0.315 e. The maximum Gasteiger partial charge on any atom is 0.0207 e. The van der Waals surface area contributed by atoms with E-state index in [4.69, 9.17) is 0 Å². The summed E-state index contributed by atoms with van der Waals surface area (Å²) < 4.78 is 1.22. The first kappa shape index (κ1) is 12.1. The number of hydrogen-bond donors (Lipinski definition) is 2. The van der Waals surface area contributed by atoms with E-state index in [9.17, 15) is 0 Å². The molecule has 0 amide bonds. The van der Waals surface area contributed by atoms with Crippen molar-refractivity contribution in [1.82, 2.24) is 10.6 Å². The quantitative estimate of drug-likeness (QED) is 0.810. The van der Waals surface area contributed by atoms with Crippen LogP contribution in [0.15, 0.2) is 28.7 Å². The SMILES string of the molecule is Brc1ccccc1CCNCC1CCCN1. The van der Waals surface area contributed by atoms with Crippen LogP contribution in [-0.4, -0.2) is 25.7 Å². The van der Waals surface area contributed by atoms with Gasteiger partial charge in [0.2, 0.25) is 0 Å². The van der Waals surface area contributed by atoms with Crippen LogP contribution in [0, 0.1) is 0 Å². The minimum absolute atomic E-state index is 0.694. The van der Waals surface area contributed by atoms with Gasteiger partial charge in [0.05, 0.1) is 0 Å². The van der Waals surface area contributed by atoms with E-state index in [0.717, 1.165) is 19.5 Å². The van der Waals surface area contributed by atoms with Crippen LogP contribution in [0.25, 0.3) is 0 Å². The summed E-state index contributed by atoms with van der Waals surface area (Å²) in [5.41, 5.74) is 1.38. The van der Waals surface area contributed by atoms with Crippen molar-refractivity contribution in [2.45, 2.75) is 25.3 Å². The van der Waals surface area contributed by atoms with Gasteiger partial charge in [-0.05, 0) is 44.0 Å². The molecular weight excluding hydrogens is 264 g/mol. The lowest BCUT2D eigenvalue weighted by Crippen LogP contribution is -2.34. The van der Waals surface area contributed by atoms with Crippen molar-refractivity contribution >= 4 is 15.9 Å². The molecule has 0 spiro atoms. The van der Waals surface area contributed by atoms with E-state index in [0.29, 0.717) is 6.04 Å². The van der Waals surface area contributed by atoms with E-state index in [1.54, 1.807) is 0 Å². The predicted molar refractivity (Wildman–Crippen MR) is 71.7 cm³/mol. The van der Waals surface area contributed by atoms with Crippen molar-refractivity contribution in [1.29, 1.82) is 0 Å². The number of hydrogen-bond acceptors (Lipinski definition) is 2. The molecule has 16 heavy (non-hydrogen) atoms. The van der Waals surface area contributed by atoms with Gasteiger partial charge < -0.3 is 10.6 Å². The highest BCUT2D eigenvalue weighted by atomic mass is 79.9. The van der Waals surface area contributed by atoms with Crippen molar-refractivity contribution in [3.05, 3.63) is 34.3 Å². The summed E-state index contributed by atoms with van der Waals surface area (Å²) in [6, 6.07) is 9.13. The first-order chi connectivity index (χ1) is 7.86. The summed E-state index contributed by atoms with van der Waals surface area (Å²) in [6.07, 6.45) is 3.74. The first-order valence-corrected chi connectivity index (χ1v) is 6.83. The molecule has 2 N–H and O–H groups in total. The molecule has 0 radical (unpaired) electrons. The highest BCUT2D eigenvalue weighted by molar-refractivity contribution is 9.10. The van der Waals surface area contributed by atoms with Gasteiger partial charge in [-0.15, -0.1) is 0 Å². The second kappa shape index (κ2) is 6.38. The first-order valence-electron chi connectivity index (χ1n) is 6.04. The van der Waals surface area contributed by atoms with Crippen LogP contribution in [0.1, 0.15) is 18.4 Å². The molecule has 1 aromatic rings. The highest BCUT2D eigenvalue weighted by Gasteiger charge is 2.12. The van der Waals surface area contributed by atoms with Crippen LogP contribution < -0.4 is 10.6 Å². The van der Waals surface area contributed by atoms with Crippen molar-refractivity contribution in [2.75, 3.05) is 19.6 Å². The van der Waals surface area contributed by atoms with Crippen LogP contribution in [0.4, 0.5) is 0 Å². The molecule has 2 rings (SSSR count). The van der Waals surface area contributed by atoms with Gasteiger partial charge in [-0.3, -0.25) is 0 Å².